The minimum atomic E-state index is -0.461. The van der Waals surface area contributed by atoms with E-state index < -0.39 is 5.60 Å². The van der Waals surface area contributed by atoms with Crippen molar-refractivity contribution in [3.05, 3.63) is 41.3 Å². The summed E-state index contributed by atoms with van der Waals surface area (Å²) in [5.74, 6) is 1.41. The zero-order chi connectivity index (χ0) is 26.9. The quantitative estimate of drug-likeness (QED) is 0.335. The number of hydrogen-bond acceptors (Lipinski definition) is 6. The number of carbonyl (C=O) groups excluding carboxylic acids is 1. The number of nitrogens with zero attached hydrogens (tertiary/aromatic N) is 4. The van der Waals surface area contributed by atoms with Gasteiger partial charge in [0.05, 0.1) is 24.9 Å². The summed E-state index contributed by atoms with van der Waals surface area (Å²) >= 11 is 6.36. The Morgan fingerprint density at radius 2 is 1.95 bits per heavy atom. The number of amides is 1. The summed E-state index contributed by atoms with van der Waals surface area (Å²) in [6.45, 7) is 11.3. The van der Waals surface area contributed by atoms with Crippen LogP contribution in [0.1, 0.15) is 58.1 Å². The van der Waals surface area contributed by atoms with Crippen LogP contribution in [0.5, 0.6) is 5.75 Å². The molecule has 0 N–H and O–H groups in total. The van der Waals surface area contributed by atoms with E-state index in [4.69, 9.17) is 25.8 Å². The highest BCUT2D eigenvalue weighted by Gasteiger charge is 2.27. The number of ether oxygens (including phenoxy) is 3. The summed E-state index contributed by atoms with van der Waals surface area (Å²) in [5, 5.41) is 1.22. The van der Waals surface area contributed by atoms with Gasteiger partial charge in [0, 0.05) is 36.8 Å². The molecule has 0 aliphatic carbocycles. The molecule has 1 amide bonds. The fraction of sp³-hybridized carbons (Fsp3) is 0.552. The fourth-order valence-electron chi connectivity index (χ4n) is 5.29. The highest BCUT2D eigenvalue weighted by molar-refractivity contribution is 6.28. The van der Waals surface area contributed by atoms with Gasteiger partial charge in [-0.05, 0) is 101 Å². The van der Waals surface area contributed by atoms with Gasteiger partial charge in [-0.1, -0.05) is 0 Å². The Morgan fingerprint density at radius 1 is 1.16 bits per heavy atom. The Labute approximate surface area is 229 Å². The lowest BCUT2D eigenvalue weighted by Gasteiger charge is -2.33. The van der Waals surface area contributed by atoms with Crippen molar-refractivity contribution in [2.24, 2.45) is 5.92 Å². The van der Waals surface area contributed by atoms with Gasteiger partial charge in [-0.15, -0.1) is 0 Å². The molecule has 0 radical (unpaired) electrons. The van der Waals surface area contributed by atoms with Gasteiger partial charge in [0.25, 0.3) is 0 Å². The van der Waals surface area contributed by atoms with Crippen molar-refractivity contribution in [2.75, 3.05) is 32.9 Å². The summed E-state index contributed by atoms with van der Waals surface area (Å²) in [4.78, 5) is 23.2. The monoisotopic (exact) mass is 540 g/mol. The summed E-state index contributed by atoms with van der Waals surface area (Å²) in [5.41, 5.74) is 3.24. The van der Waals surface area contributed by atoms with Crippen molar-refractivity contribution in [1.82, 2.24) is 19.4 Å². The molecular formula is C29H37ClN4O4. The number of piperidine rings is 1. The number of likely N-dealkylation sites (tertiary alicyclic amines) is 1. The van der Waals surface area contributed by atoms with Gasteiger partial charge in [0.1, 0.15) is 17.0 Å². The molecule has 38 heavy (non-hydrogen) atoms. The van der Waals surface area contributed by atoms with Gasteiger partial charge >= 0.3 is 6.09 Å². The number of benzene rings is 1. The highest BCUT2D eigenvalue weighted by Crippen LogP contribution is 2.34. The van der Waals surface area contributed by atoms with Crippen molar-refractivity contribution < 1.29 is 19.0 Å². The minimum absolute atomic E-state index is 0.214. The molecule has 0 saturated carbocycles. The Kier molecular flexibility index (Phi) is 7.82. The molecule has 3 aromatic rings. The van der Waals surface area contributed by atoms with E-state index in [1.165, 1.54) is 0 Å². The number of rotatable bonds is 6. The Morgan fingerprint density at radius 3 is 2.63 bits per heavy atom. The SMILES string of the molecule is Cc1cc(-c2nc(Cl)nc3c2ccn3C2CCOC2)ccc1OCCC1CCN(C(=O)OC(C)(C)C)CC1. The third kappa shape index (κ3) is 6.07. The second kappa shape index (κ2) is 11.1. The first-order chi connectivity index (χ1) is 18.2. The first kappa shape index (κ1) is 26.8. The van der Waals surface area contributed by atoms with Gasteiger partial charge in [0.2, 0.25) is 5.28 Å². The maximum Gasteiger partial charge on any atom is 0.410 e. The normalized spacial score (nSPS) is 18.8. The predicted molar refractivity (Wildman–Crippen MR) is 148 cm³/mol. The Balaban J connectivity index is 1.19. The second-order valence-electron chi connectivity index (χ2n) is 11.3. The summed E-state index contributed by atoms with van der Waals surface area (Å²) in [6.07, 6.45) is 5.71. The van der Waals surface area contributed by atoms with Gasteiger partial charge < -0.3 is 23.7 Å². The van der Waals surface area contributed by atoms with Crippen LogP contribution in [0.2, 0.25) is 5.28 Å². The molecular weight excluding hydrogens is 504 g/mol. The number of aromatic nitrogens is 3. The first-order valence-corrected chi connectivity index (χ1v) is 13.9. The van der Waals surface area contributed by atoms with E-state index in [9.17, 15) is 4.79 Å². The van der Waals surface area contributed by atoms with Gasteiger partial charge in [-0.2, -0.15) is 4.98 Å². The molecule has 2 fully saturated rings. The third-order valence-electron chi connectivity index (χ3n) is 7.34. The molecule has 2 aliphatic heterocycles. The summed E-state index contributed by atoms with van der Waals surface area (Å²) in [7, 11) is 0. The van der Waals surface area contributed by atoms with Crippen LogP contribution < -0.4 is 4.74 Å². The van der Waals surface area contributed by atoms with E-state index >= 15 is 0 Å². The van der Waals surface area contributed by atoms with Crippen molar-refractivity contribution in [1.29, 1.82) is 0 Å². The molecule has 8 nitrogen and oxygen atoms in total. The van der Waals surface area contributed by atoms with E-state index in [-0.39, 0.29) is 17.4 Å². The number of carbonyl (C=O) groups is 1. The molecule has 0 bridgehead atoms. The van der Waals surface area contributed by atoms with Crippen LogP contribution in [-0.2, 0) is 9.47 Å². The summed E-state index contributed by atoms with van der Waals surface area (Å²) in [6, 6.07) is 8.49. The maximum absolute atomic E-state index is 12.3. The topological polar surface area (TPSA) is 78.7 Å². The largest absolute Gasteiger partial charge is 0.493 e. The van der Waals surface area contributed by atoms with Crippen LogP contribution in [0, 0.1) is 12.8 Å². The zero-order valence-corrected chi connectivity index (χ0v) is 23.5. The van der Waals surface area contributed by atoms with E-state index in [0.29, 0.717) is 19.1 Å². The first-order valence-electron chi connectivity index (χ1n) is 13.5. The van der Waals surface area contributed by atoms with E-state index in [2.05, 4.69) is 39.8 Å². The lowest BCUT2D eigenvalue weighted by molar-refractivity contribution is 0.0177. The number of halogens is 1. The van der Waals surface area contributed by atoms with Crippen LogP contribution in [0.15, 0.2) is 30.5 Å². The van der Waals surface area contributed by atoms with Crippen LogP contribution >= 0.6 is 11.6 Å². The summed E-state index contributed by atoms with van der Waals surface area (Å²) < 4.78 is 19.4. The van der Waals surface area contributed by atoms with Gasteiger partial charge in [-0.25, -0.2) is 9.78 Å². The molecule has 9 heteroatoms. The van der Waals surface area contributed by atoms with Crippen molar-refractivity contribution in [3.63, 3.8) is 0 Å². The third-order valence-corrected chi connectivity index (χ3v) is 7.51. The van der Waals surface area contributed by atoms with Crippen molar-refractivity contribution in [3.8, 4) is 17.0 Å². The van der Waals surface area contributed by atoms with Gasteiger partial charge in [-0.3, -0.25) is 0 Å². The van der Waals surface area contributed by atoms with E-state index in [1.807, 2.05) is 37.8 Å². The molecule has 4 heterocycles. The molecule has 1 aromatic carbocycles. The molecule has 2 saturated heterocycles. The van der Waals surface area contributed by atoms with Crippen molar-refractivity contribution >= 4 is 28.7 Å². The maximum atomic E-state index is 12.3. The Hall–Kier alpha value is -2.84. The molecule has 204 valence electrons. The molecule has 1 unspecified atom stereocenters. The number of aryl methyl sites for hydroxylation is 1. The number of hydrogen-bond donors (Lipinski definition) is 0. The van der Waals surface area contributed by atoms with Crippen LogP contribution in [0.4, 0.5) is 4.79 Å². The zero-order valence-electron chi connectivity index (χ0n) is 22.7. The Bertz CT molecular complexity index is 1290. The van der Waals surface area contributed by atoms with Crippen LogP contribution in [0.3, 0.4) is 0 Å². The molecule has 2 aromatic heterocycles. The lowest BCUT2D eigenvalue weighted by atomic mass is 9.94. The fourth-order valence-corrected chi connectivity index (χ4v) is 5.45. The van der Waals surface area contributed by atoms with Crippen LogP contribution in [0.25, 0.3) is 22.3 Å². The minimum Gasteiger partial charge on any atom is -0.493 e. The molecule has 2 aliphatic rings. The molecule has 0 spiro atoms. The molecule has 1 atom stereocenters. The van der Waals surface area contributed by atoms with E-state index in [0.717, 1.165) is 79.0 Å². The number of fused-ring (bicyclic) bond motifs is 1. The standard InChI is InChI=1S/C29H37ClN4O4/c1-19-17-21(25-23-9-14-34(22-11-15-36-18-22)26(23)32-27(30)31-25)5-6-24(19)37-16-10-20-7-12-33(13-8-20)28(35)38-29(2,3)4/h5-6,9,14,17,20,22H,7-8,10-13,15-16,18H2,1-4H3. The van der Waals surface area contributed by atoms with Crippen molar-refractivity contribution in [2.45, 2.75) is 65.0 Å². The smallest absolute Gasteiger partial charge is 0.410 e. The highest BCUT2D eigenvalue weighted by atomic mass is 35.5. The van der Waals surface area contributed by atoms with Crippen LogP contribution in [-0.4, -0.2) is 64.0 Å². The average molecular weight is 541 g/mol. The van der Waals surface area contributed by atoms with Gasteiger partial charge in [0.15, 0.2) is 0 Å². The predicted octanol–water partition coefficient (Wildman–Crippen LogP) is 6.44. The molecule has 5 rings (SSSR count). The average Bonchev–Trinajstić information content (AvgIpc) is 3.54. The lowest BCUT2D eigenvalue weighted by Crippen LogP contribution is -2.41. The van der Waals surface area contributed by atoms with E-state index in [1.54, 1.807) is 0 Å². The second-order valence-corrected chi connectivity index (χ2v) is 11.7.